The van der Waals surface area contributed by atoms with Gasteiger partial charge in [-0.1, -0.05) is 6.92 Å². The van der Waals surface area contributed by atoms with Gasteiger partial charge in [-0.3, -0.25) is 0 Å². The summed E-state index contributed by atoms with van der Waals surface area (Å²) in [4.78, 5) is 0. The molecule has 0 heterocycles. The Morgan fingerprint density at radius 1 is 0.750 bits per heavy atom. The van der Waals surface area contributed by atoms with Gasteiger partial charge in [0, 0.05) is 11.8 Å². The van der Waals surface area contributed by atoms with Gasteiger partial charge in [0.15, 0.2) is 0 Å². The summed E-state index contributed by atoms with van der Waals surface area (Å²) in [6.07, 6.45) is 7.71. The Balaban J connectivity index is 1.50. The molecule has 0 aromatic carbocycles. The molecule has 0 aliphatic heterocycles. The molecule has 0 spiro atoms. The zero-order valence-corrected chi connectivity index (χ0v) is 12.3. The van der Waals surface area contributed by atoms with Gasteiger partial charge >= 0.3 is 0 Å². The first-order valence-corrected chi connectivity index (χ1v) is 8.50. The molecule has 4 rings (SSSR count). The van der Waals surface area contributed by atoms with Crippen LogP contribution in [0.4, 0.5) is 0 Å². The number of rotatable bonds is 2. The summed E-state index contributed by atoms with van der Waals surface area (Å²) >= 11 is 0. The zero-order chi connectivity index (χ0) is 13.9. The maximum absolute atomic E-state index is 9.35. The summed E-state index contributed by atoms with van der Waals surface area (Å²) in [7, 11) is 0. The lowest BCUT2D eigenvalue weighted by Gasteiger charge is -2.38. The van der Waals surface area contributed by atoms with Crippen LogP contribution in [0.25, 0.3) is 0 Å². The lowest BCUT2D eigenvalue weighted by atomic mass is 9.66. The van der Waals surface area contributed by atoms with Crippen molar-refractivity contribution >= 4 is 0 Å². The van der Waals surface area contributed by atoms with Crippen LogP contribution in [0.3, 0.4) is 0 Å². The van der Waals surface area contributed by atoms with Crippen molar-refractivity contribution in [3.05, 3.63) is 0 Å². The maximum Gasteiger partial charge on any atom is 0.0658 e. The van der Waals surface area contributed by atoms with E-state index in [2.05, 4.69) is 19.1 Å². The molecular weight excluding hydrogens is 244 g/mol. The molecule has 20 heavy (non-hydrogen) atoms. The minimum atomic E-state index is 0.339. The molecule has 4 aliphatic rings. The van der Waals surface area contributed by atoms with Crippen molar-refractivity contribution < 1.29 is 0 Å². The number of hydrogen-bond acceptors (Lipinski definition) is 2. The van der Waals surface area contributed by atoms with Crippen LogP contribution in [-0.2, 0) is 0 Å². The van der Waals surface area contributed by atoms with Crippen molar-refractivity contribution in [1.82, 2.24) is 0 Å². The van der Waals surface area contributed by atoms with Crippen molar-refractivity contribution in [1.29, 1.82) is 10.5 Å². The smallest absolute Gasteiger partial charge is 0.0658 e. The summed E-state index contributed by atoms with van der Waals surface area (Å²) < 4.78 is 0. The van der Waals surface area contributed by atoms with E-state index in [1.54, 1.807) is 0 Å². The lowest BCUT2D eigenvalue weighted by Crippen LogP contribution is -2.33. The predicted molar refractivity (Wildman–Crippen MR) is 76.0 cm³/mol. The van der Waals surface area contributed by atoms with Gasteiger partial charge in [0.2, 0.25) is 0 Å². The van der Waals surface area contributed by atoms with Gasteiger partial charge in [0.25, 0.3) is 0 Å². The van der Waals surface area contributed by atoms with Gasteiger partial charge in [0.05, 0.1) is 12.1 Å². The summed E-state index contributed by atoms with van der Waals surface area (Å²) in [5.41, 5.74) is 0. The van der Waals surface area contributed by atoms with E-state index in [1.807, 2.05) is 0 Å². The molecule has 0 aromatic heterocycles. The minimum Gasteiger partial charge on any atom is -0.198 e. The summed E-state index contributed by atoms with van der Waals surface area (Å²) in [6, 6.07) is 5.14. The summed E-state index contributed by atoms with van der Waals surface area (Å²) in [5, 5.41) is 18.7. The number of nitrogens with zero attached hydrogens (tertiary/aromatic N) is 2. The molecule has 8 unspecified atom stereocenters. The molecule has 4 aliphatic carbocycles. The molecule has 2 heteroatoms. The number of hydrogen-bond donors (Lipinski definition) is 0. The van der Waals surface area contributed by atoms with E-state index in [9.17, 15) is 10.5 Å². The Hall–Kier alpha value is -1.02. The third kappa shape index (κ3) is 1.67. The fourth-order valence-corrected chi connectivity index (χ4v) is 6.63. The molecule has 0 saturated heterocycles. The van der Waals surface area contributed by atoms with Crippen molar-refractivity contribution in [2.75, 3.05) is 0 Å². The Morgan fingerprint density at radius 3 is 1.55 bits per heavy atom. The van der Waals surface area contributed by atoms with Crippen molar-refractivity contribution in [3.8, 4) is 12.1 Å². The highest BCUT2D eigenvalue weighted by Gasteiger charge is 2.54. The van der Waals surface area contributed by atoms with Crippen molar-refractivity contribution in [3.63, 3.8) is 0 Å². The molecule has 0 radical (unpaired) electrons. The van der Waals surface area contributed by atoms with E-state index in [0.29, 0.717) is 23.7 Å². The van der Waals surface area contributed by atoms with E-state index in [4.69, 9.17) is 0 Å². The van der Waals surface area contributed by atoms with Gasteiger partial charge in [-0.05, 0) is 80.0 Å². The van der Waals surface area contributed by atoms with Gasteiger partial charge in [-0.15, -0.1) is 0 Å². The normalized spacial score (nSPS) is 53.8. The predicted octanol–water partition coefficient (Wildman–Crippen LogP) is 3.99. The average molecular weight is 268 g/mol. The second-order valence-corrected chi connectivity index (χ2v) is 8.13. The second kappa shape index (κ2) is 4.49. The van der Waals surface area contributed by atoms with Crippen LogP contribution < -0.4 is 0 Å². The van der Waals surface area contributed by atoms with Crippen LogP contribution in [0.5, 0.6) is 0 Å². The molecule has 4 saturated carbocycles. The number of fused-ring (bicyclic) bond motifs is 4. The highest BCUT2D eigenvalue weighted by molar-refractivity contribution is 5.09. The van der Waals surface area contributed by atoms with Crippen molar-refractivity contribution in [2.45, 2.75) is 45.4 Å². The molecule has 106 valence electrons. The van der Waals surface area contributed by atoms with E-state index in [1.165, 1.54) is 38.5 Å². The van der Waals surface area contributed by atoms with E-state index in [0.717, 1.165) is 29.6 Å². The van der Waals surface area contributed by atoms with Gasteiger partial charge in [0.1, 0.15) is 0 Å². The molecule has 4 fully saturated rings. The monoisotopic (exact) mass is 268 g/mol. The molecule has 0 amide bonds. The van der Waals surface area contributed by atoms with Crippen LogP contribution in [0, 0.1) is 75.9 Å². The quantitative estimate of drug-likeness (QED) is 0.760. The average Bonchev–Trinajstić information content (AvgIpc) is 3.22. The Morgan fingerprint density at radius 2 is 1.20 bits per heavy atom. The third-order valence-corrected chi connectivity index (χ3v) is 7.41. The Labute approximate surface area is 122 Å². The maximum atomic E-state index is 9.35. The van der Waals surface area contributed by atoms with Gasteiger partial charge in [-0.2, -0.15) is 10.5 Å². The van der Waals surface area contributed by atoms with Gasteiger partial charge < -0.3 is 0 Å². The fourth-order valence-electron chi connectivity index (χ4n) is 6.63. The highest BCUT2D eigenvalue weighted by atomic mass is 14.6. The molecule has 8 atom stereocenters. The van der Waals surface area contributed by atoms with Crippen LogP contribution in [0.1, 0.15) is 45.4 Å². The van der Waals surface area contributed by atoms with E-state index < -0.39 is 0 Å². The molecule has 0 N–H and O–H groups in total. The van der Waals surface area contributed by atoms with Crippen molar-refractivity contribution in [2.24, 2.45) is 53.3 Å². The highest BCUT2D eigenvalue weighted by Crippen LogP contribution is 2.60. The first-order valence-electron chi connectivity index (χ1n) is 8.50. The topological polar surface area (TPSA) is 47.6 Å². The second-order valence-electron chi connectivity index (χ2n) is 8.13. The van der Waals surface area contributed by atoms with Crippen LogP contribution in [0.2, 0.25) is 0 Å². The summed E-state index contributed by atoms with van der Waals surface area (Å²) in [5.74, 6) is 6.01. The molecular formula is C18H24N2. The largest absolute Gasteiger partial charge is 0.198 e. The third-order valence-electron chi connectivity index (χ3n) is 7.41. The zero-order valence-electron chi connectivity index (χ0n) is 12.3. The van der Waals surface area contributed by atoms with Crippen LogP contribution >= 0.6 is 0 Å². The molecule has 2 nitrogen and oxygen atoms in total. The fraction of sp³-hybridized carbons (Fsp3) is 0.889. The standard InChI is InChI=1S/C18H24N2/c1-10(15-4-11-2-13(8-19)17(15)6-11)16-5-12-3-14(9-20)18(16)7-12/h10-18H,2-7H2,1H3. The van der Waals surface area contributed by atoms with Crippen LogP contribution in [0.15, 0.2) is 0 Å². The Bertz CT molecular complexity index is 441. The minimum absolute atomic E-state index is 0.339. The summed E-state index contributed by atoms with van der Waals surface area (Å²) in [6.45, 7) is 2.44. The Kier molecular flexibility index (Phi) is 2.85. The van der Waals surface area contributed by atoms with Crippen LogP contribution in [-0.4, -0.2) is 0 Å². The van der Waals surface area contributed by atoms with E-state index >= 15 is 0 Å². The first-order chi connectivity index (χ1) is 9.71. The molecule has 0 aromatic rings. The lowest BCUT2D eigenvalue weighted by molar-refractivity contribution is 0.108. The SMILES string of the molecule is CC(C1CC2CC(C#N)C1C2)C1CC2CC(C#N)C1C2. The molecule has 4 bridgehead atoms. The van der Waals surface area contributed by atoms with Gasteiger partial charge in [-0.25, -0.2) is 0 Å². The number of nitriles is 2. The van der Waals surface area contributed by atoms with E-state index in [-0.39, 0.29) is 0 Å². The first kappa shape index (κ1) is 12.7.